The molecular weight excluding hydrogens is 488 g/mol. The van der Waals surface area contributed by atoms with Gasteiger partial charge in [0.1, 0.15) is 26.0 Å². The van der Waals surface area contributed by atoms with Gasteiger partial charge < -0.3 is 14.9 Å². The molecule has 186 valence electrons. The fraction of sp³-hybridized carbons (Fsp3) is 0.545. The van der Waals surface area contributed by atoms with Gasteiger partial charge in [-0.2, -0.15) is 5.10 Å². The number of nitrogens with zero attached hydrogens (tertiary/aromatic N) is 3. The monoisotopic (exact) mass is 515 g/mol. The molecule has 1 fully saturated rings. The number of aromatic nitrogens is 3. The summed E-state index contributed by atoms with van der Waals surface area (Å²) in [6.45, 7) is 7.40. The molecule has 0 aliphatic heterocycles. The van der Waals surface area contributed by atoms with E-state index in [1.807, 2.05) is 0 Å². The number of methoxy groups -OCH3 is 1. The Morgan fingerprint density at radius 3 is 2.29 bits per heavy atom. The Morgan fingerprint density at radius 1 is 1.18 bits per heavy atom. The van der Waals surface area contributed by atoms with Gasteiger partial charge in [0.25, 0.3) is 5.92 Å². The fourth-order valence-corrected chi connectivity index (χ4v) is 7.93. The number of fused-ring (bicyclic) bond motifs is 1. The molecule has 0 saturated heterocycles. The highest BCUT2D eigenvalue weighted by atomic mass is 32.2. The van der Waals surface area contributed by atoms with Crippen LogP contribution in [0.4, 0.5) is 8.78 Å². The van der Waals surface area contributed by atoms with Crippen molar-refractivity contribution in [2.24, 2.45) is 0 Å². The van der Waals surface area contributed by atoms with E-state index in [1.165, 1.54) is 48.9 Å². The highest BCUT2D eigenvalue weighted by Crippen LogP contribution is 2.58. The van der Waals surface area contributed by atoms with E-state index in [9.17, 15) is 27.4 Å². The first-order chi connectivity index (χ1) is 15.4. The average molecular weight is 516 g/mol. The number of aryl methyl sites for hydroxylation is 1. The van der Waals surface area contributed by atoms with Gasteiger partial charge in [-0.15, -0.1) is 0 Å². The maximum absolute atomic E-state index is 14.0. The summed E-state index contributed by atoms with van der Waals surface area (Å²) in [5.41, 5.74) is -1.63. The van der Waals surface area contributed by atoms with Crippen LogP contribution in [0.1, 0.15) is 51.2 Å². The van der Waals surface area contributed by atoms with Crippen LogP contribution in [0.3, 0.4) is 0 Å². The van der Waals surface area contributed by atoms with E-state index in [0.717, 1.165) is 0 Å². The quantitative estimate of drug-likeness (QED) is 0.514. The zero-order valence-electron chi connectivity index (χ0n) is 19.7. The zero-order valence-corrected chi connectivity index (χ0v) is 21.3. The smallest absolute Gasteiger partial charge is 0.251 e. The summed E-state index contributed by atoms with van der Waals surface area (Å²) in [6, 6.07) is 4.42. The van der Waals surface area contributed by atoms with Gasteiger partial charge in [-0.1, -0.05) is 11.3 Å². The molecule has 1 aromatic carbocycles. The number of imidazole rings is 1. The molecule has 2 N–H and O–H groups in total. The number of halogens is 2. The largest absolute Gasteiger partial charge is 0.495 e. The van der Waals surface area contributed by atoms with Gasteiger partial charge in [-0.25, -0.2) is 26.7 Å². The number of sulfone groups is 1. The van der Waals surface area contributed by atoms with Crippen LogP contribution in [0.2, 0.25) is 0 Å². The highest BCUT2D eigenvalue weighted by Gasteiger charge is 2.70. The summed E-state index contributed by atoms with van der Waals surface area (Å²) in [5, 5.41) is 25.9. The Labute approximate surface area is 200 Å². The molecular formula is C22H27F2N3O5S2. The lowest BCUT2D eigenvalue weighted by molar-refractivity contribution is -0.149. The minimum absolute atomic E-state index is 0.0172. The molecule has 3 aromatic rings. The lowest BCUT2D eigenvalue weighted by atomic mass is 9.71. The second-order valence-electron chi connectivity index (χ2n) is 9.84. The van der Waals surface area contributed by atoms with Crippen molar-refractivity contribution in [3.63, 3.8) is 0 Å². The third kappa shape index (κ3) is 3.62. The van der Waals surface area contributed by atoms with Crippen molar-refractivity contribution in [2.45, 2.75) is 74.2 Å². The van der Waals surface area contributed by atoms with Gasteiger partial charge in [0, 0.05) is 18.4 Å². The average Bonchev–Trinajstić information content (AvgIpc) is 3.21. The first-order valence-electron chi connectivity index (χ1n) is 10.6. The number of rotatable bonds is 6. The molecule has 0 atom stereocenters. The van der Waals surface area contributed by atoms with Crippen LogP contribution >= 0.6 is 11.3 Å². The number of hydrogen-bond donors (Lipinski definition) is 2. The summed E-state index contributed by atoms with van der Waals surface area (Å²) >= 11 is 1.20. The minimum atomic E-state index is -4.48. The van der Waals surface area contributed by atoms with Crippen molar-refractivity contribution >= 4 is 26.1 Å². The number of hydrogen-bond acceptors (Lipinski definition) is 8. The van der Waals surface area contributed by atoms with Crippen molar-refractivity contribution in [3.8, 4) is 17.0 Å². The van der Waals surface area contributed by atoms with E-state index in [2.05, 4.69) is 10.1 Å². The maximum atomic E-state index is 14.0. The molecule has 1 aliphatic rings. The molecule has 2 aromatic heterocycles. The Hall–Kier alpha value is -2.15. The summed E-state index contributed by atoms with van der Waals surface area (Å²) in [5.74, 6) is -3.21. The number of aliphatic hydroxyl groups is 2. The molecule has 0 unspecified atom stereocenters. The van der Waals surface area contributed by atoms with Crippen molar-refractivity contribution in [3.05, 3.63) is 28.9 Å². The lowest BCUT2D eigenvalue weighted by Crippen LogP contribution is -2.67. The summed E-state index contributed by atoms with van der Waals surface area (Å²) in [4.78, 5) is 4.70. The van der Waals surface area contributed by atoms with Crippen LogP contribution < -0.4 is 4.74 Å². The van der Waals surface area contributed by atoms with Crippen molar-refractivity contribution in [1.82, 2.24) is 14.6 Å². The Bertz CT molecular complexity index is 1370. The third-order valence-corrected chi connectivity index (χ3v) is 10.3. The van der Waals surface area contributed by atoms with Crippen LogP contribution in [0.15, 0.2) is 23.1 Å². The van der Waals surface area contributed by atoms with Gasteiger partial charge in [0.05, 0.1) is 24.1 Å². The van der Waals surface area contributed by atoms with Crippen molar-refractivity contribution in [2.75, 3.05) is 7.11 Å². The normalized spacial score (nSPS) is 18.2. The standard InChI is InChI=1S/C22H27F2N3O5S2/c1-12-16(27-18(25-12)33-17(26-27)19(2,3)28)13-7-8-14(32-6)15(9-13)34(30,31)21(20(4,5)29)10-22(23,24)11-21/h7-9,28-29H,10-11H2,1-6H3. The van der Waals surface area contributed by atoms with Crippen LogP contribution in [0, 0.1) is 6.92 Å². The second kappa shape index (κ2) is 7.42. The number of benzene rings is 1. The summed E-state index contributed by atoms with van der Waals surface area (Å²) in [7, 11) is -3.19. The summed E-state index contributed by atoms with van der Waals surface area (Å²) in [6.07, 6.45) is -1.98. The zero-order chi connectivity index (χ0) is 25.5. The molecule has 12 heteroatoms. The van der Waals surface area contributed by atoms with Crippen molar-refractivity contribution < 1.29 is 32.1 Å². The van der Waals surface area contributed by atoms with E-state index in [4.69, 9.17) is 4.74 Å². The van der Waals surface area contributed by atoms with Gasteiger partial charge in [0.15, 0.2) is 9.84 Å². The molecule has 0 radical (unpaired) electrons. The second-order valence-corrected chi connectivity index (χ2v) is 13.0. The molecule has 2 heterocycles. The first kappa shape index (κ1) is 25.0. The predicted octanol–water partition coefficient (Wildman–Crippen LogP) is 3.71. The van der Waals surface area contributed by atoms with Crippen LogP contribution in [0.5, 0.6) is 5.75 Å². The highest BCUT2D eigenvalue weighted by molar-refractivity contribution is 7.93. The molecule has 1 saturated carbocycles. The van der Waals surface area contributed by atoms with Crippen LogP contribution in [0.25, 0.3) is 16.2 Å². The topological polar surface area (TPSA) is 114 Å². The molecule has 8 nitrogen and oxygen atoms in total. The Kier molecular flexibility index (Phi) is 5.45. The molecule has 0 amide bonds. The van der Waals surface area contributed by atoms with Gasteiger partial charge in [-0.3, -0.25) is 0 Å². The predicted molar refractivity (Wildman–Crippen MR) is 123 cm³/mol. The van der Waals surface area contributed by atoms with E-state index in [-0.39, 0.29) is 10.6 Å². The maximum Gasteiger partial charge on any atom is 0.251 e. The van der Waals surface area contributed by atoms with Crippen LogP contribution in [-0.4, -0.2) is 56.6 Å². The van der Waals surface area contributed by atoms with E-state index >= 15 is 0 Å². The van der Waals surface area contributed by atoms with Crippen molar-refractivity contribution in [1.29, 1.82) is 0 Å². The number of alkyl halides is 2. The van der Waals surface area contributed by atoms with Gasteiger partial charge in [0.2, 0.25) is 4.96 Å². The Balaban J connectivity index is 1.92. The minimum Gasteiger partial charge on any atom is -0.495 e. The van der Waals surface area contributed by atoms with Crippen LogP contribution in [-0.2, 0) is 15.4 Å². The molecule has 4 rings (SSSR count). The molecule has 1 aliphatic carbocycles. The SMILES string of the molecule is COc1ccc(-c2c(C)nc3sc(C(C)(C)O)nn23)cc1S(=O)(=O)C1(C(C)(C)O)CC(F)(F)C1. The molecule has 0 spiro atoms. The number of ether oxygens (including phenoxy) is 1. The first-order valence-corrected chi connectivity index (χ1v) is 12.9. The lowest BCUT2D eigenvalue weighted by Gasteiger charge is -2.52. The Morgan fingerprint density at radius 2 is 1.79 bits per heavy atom. The fourth-order valence-electron chi connectivity index (χ4n) is 4.41. The van der Waals surface area contributed by atoms with Gasteiger partial charge >= 0.3 is 0 Å². The van der Waals surface area contributed by atoms with E-state index in [1.54, 1.807) is 26.8 Å². The van der Waals surface area contributed by atoms with E-state index < -0.39 is 44.6 Å². The molecule has 34 heavy (non-hydrogen) atoms. The van der Waals surface area contributed by atoms with E-state index in [0.29, 0.717) is 26.9 Å². The molecule has 0 bridgehead atoms. The third-order valence-electron chi connectivity index (χ3n) is 6.35. The van der Waals surface area contributed by atoms with Gasteiger partial charge in [-0.05, 0) is 52.8 Å². The summed E-state index contributed by atoms with van der Waals surface area (Å²) < 4.78 is 60.3.